The number of nitrogens with zero attached hydrogens (tertiary/aromatic N) is 2. The molecule has 1 aromatic heterocycles. The summed E-state index contributed by atoms with van der Waals surface area (Å²) in [6.07, 6.45) is 1.75. The van der Waals surface area contributed by atoms with E-state index in [9.17, 15) is 9.59 Å². The fourth-order valence-corrected chi connectivity index (χ4v) is 2.83. The highest BCUT2D eigenvalue weighted by Gasteiger charge is 2.33. The molecule has 1 fully saturated rings. The molecule has 1 saturated heterocycles. The van der Waals surface area contributed by atoms with Crippen LogP contribution in [0, 0.1) is 0 Å². The number of ketones is 1. The third-order valence-electron chi connectivity index (χ3n) is 3.14. The summed E-state index contributed by atoms with van der Waals surface area (Å²) < 4.78 is 5.39. The summed E-state index contributed by atoms with van der Waals surface area (Å²) in [7, 11) is 0. The maximum atomic E-state index is 12.1. The van der Waals surface area contributed by atoms with E-state index in [0.29, 0.717) is 18.7 Å². The lowest BCUT2D eigenvalue weighted by molar-refractivity contribution is 0.0223. The number of hydrogen-bond donors (Lipinski definition) is 0. The van der Waals surface area contributed by atoms with Gasteiger partial charge in [-0.15, -0.1) is 11.3 Å². The van der Waals surface area contributed by atoms with Gasteiger partial charge in [-0.05, 0) is 33.6 Å². The number of aromatic nitrogens is 1. The Hall–Kier alpha value is -1.43. The fourth-order valence-electron chi connectivity index (χ4n) is 2.28. The molecule has 0 radical (unpaired) electrons. The first-order valence-electron chi connectivity index (χ1n) is 6.78. The number of thiazole rings is 1. The summed E-state index contributed by atoms with van der Waals surface area (Å²) in [5, 5.41) is 1.75. The molecule has 1 aliphatic rings. The molecule has 2 rings (SSSR count). The largest absolute Gasteiger partial charge is 0.444 e. The highest BCUT2D eigenvalue weighted by molar-refractivity contribution is 7.07. The number of rotatable bonds is 3. The number of carbonyl (C=O) groups excluding carboxylic acids is 2. The van der Waals surface area contributed by atoms with Gasteiger partial charge in [0, 0.05) is 24.4 Å². The van der Waals surface area contributed by atoms with Crippen LogP contribution in [-0.2, 0) is 4.74 Å². The van der Waals surface area contributed by atoms with E-state index in [4.69, 9.17) is 4.74 Å². The quantitative estimate of drug-likeness (QED) is 0.804. The number of amides is 1. The first kappa shape index (κ1) is 15.0. The molecular formula is C14H20N2O3S. The molecule has 0 aromatic carbocycles. The van der Waals surface area contributed by atoms with Crippen molar-refractivity contribution in [3.05, 3.63) is 16.6 Å². The zero-order valence-corrected chi connectivity index (χ0v) is 12.9. The van der Waals surface area contributed by atoms with Crippen LogP contribution in [-0.4, -0.2) is 39.9 Å². The lowest BCUT2D eigenvalue weighted by atomic mass is 10.1. The maximum absolute atomic E-state index is 12.1. The molecule has 0 aliphatic carbocycles. The summed E-state index contributed by atoms with van der Waals surface area (Å²) in [4.78, 5) is 29.9. The zero-order valence-electron chi connectivity index (χ0n) is 12.1. The van der Waals surface area contributed by atoms with Gasteiger partial charge >= 0.3 is 6.09 Å². The third kappa shape index (κ3) is 3.79. The predicted molar refractivity (Wildman–Crippen MR) is 77.0 cm³/mol. The molecule has 2 heterocycles. The number of likely N-dealkylation sites (tertiary alicyclic amines) is 1. The van der Waals surface area contributed by atoms with Crippen LogP contribution in [0.15, 0.2) is 10.9 Å². The van der Waals surface area contributed by atoms with E-state index in [2.05, 4.69) is 4.98 Å². The van der Waals surface area contributed by atoms with Gasteiger partial charge in [0.2, 0.25) is 0 Å². The monoisotopic (exact) mass is 296 g/mol. The second-order valence-corrected chi connectivity index (χ2v) is 6.69. The molecule has 110 valence electrons. The van der Waals surface area contributed by atoms with Crippen molar-refractivity contribution in [1.82, 2.24) is 9.88 Å². The molecule has 6 heteroatoms. The van der Waals surface area contributed by atoms with Crippen LogP contribution in [0.2, 0.25) is 0 Å². The number of Topliss-reactive ketones (excluding diaryl/α,β-unsaturated/α-hetero) is 1. The third-order valence-corrected chi connectivity index (χ3v) is 3.73. The minimum atomic E-state index is -0.511. The first-order chi connectivity index (χ1) is 9.37. The molecule has 1 aromatic rings. The molecule has 0 bridgehead atoms. The van der Waals surface area contributed by atoms with Gasteiger partial charge in [0.05, 0.1) is 5.51 Å². The lowest BCUT2D eigenvalue weighted by Crippen LogP contribution is -2.40. The summed E-state index contributed by atoms with van der Waals surface area (Å²) in [5.74, 6) is -0.00768. The summed E-state index contributed by atoms with van der Waals surface area (Å²) in [6, 6.07) is -0.0703. The number of ether oxygens (including phenoxy) is 1. The van der Waals surface area contributed by atoms with E-state index >= 15 is 0 Å². The van der Waals surface area contributed by atoms with Crippen molar-refractivity contribution in [2.24, 2.45) is 0 Å². The van der Waals surface area contributed by atoms with Gasteiger partial charge in [0.1, 0.15) is 11.3 Å². The Balaban J connectivity index is 1.97. The molecule has 1 atom stereocenters. The Labute approximate surface area is 122 Å². The highest BCUT2D eigenvalue weighted by Crippen LogP contribution is 2.24. The molecule has 0 N–H and O–H groups in total. The minimum Gasteiger partial charge on any atom is -0.444 e. The Morgan fingerprint density at radius 2 is 2.25 bits per heavy atom. The van der Waals surface area contributed by atoms with Crippen molar-refractivity contribution >= 4 is 23.2 Å². The van der Waals surface area contributed by atoms with Crippen molar-refractivity contribution in [3.63, 3.8) is 0 Å². The highest BCUT2D eigenvalue weighted by atomic mass is 32.1. The molecule has 0 spiro atoms. The maximum Gasteiger partial charge on any atom is 0.410 e. The lowest BCUT2D eigenvalue weighted by Gasteiger charge is -2.28. The Bertz CT molecular complexity index is 479. The van der Waals surface area contributed by atoms with Crippen molar-refractivity contribution in [2.75, 3.05) is 6.54 Å². The van der Waals surface area contributed by atoms with Crippen LogP contribution >= 0.6 is 11.3 Å². The predicted octanol–water partition coefficient (Wildman–Crippen LogP) is 3.12. The van der Waals surface area contributed by atoms with Crippen molar-refractivity contribution in [1.29, 1.82) is 0 Å². The van der Waals surface area contributed by atoms with Crippen molar-refractivity contribution < 1.29 is 14.3 Å². The van der Waals surface area contributed by atoms with Gasteiger partial charge in [0.15, 0.2) is 5.78 Å². The number of hydrogen-bond acceptors (Lipinski definition) is 5. The molecule has 0 saturated carbocycles. The van der Waals surface area contributed by atoms with Gasteiger partial charge in [-0.3, -0.25) is 4.79 Å². The van der Waals surface area contributed by atoms with E-state index in [0.717, 1.165) is 12.8 Å². The Morgan fingerprint density at radius 1 is 1.50 bits per heavy atom. The van der Waals surface area contributed by atoms with Crippen LogP contribution in [0.3, 0.4) is 0 Å². The van der Waals surface area contributed by atoms with Crippen LogP contribution in [0.5, 0.6) is 0 Å². The van der Waals surface area contributed by atoms with Crippen LogP contribution in [0.25, 0.3) is 0 Å². The number of carbonyl (C=O) groups is 2. The average molecular weight is 296 g/mol. The molecule has 5 nitrogen and oxygen atoms in total. The second kappa shape index (κ2) is 5.91. The van der Waals surface area contributed by atoms with Gasteiger partial charge in [0.25, 0.3) is 0 Å². The van der Waals surface area contributed by atoms with E-state index in [-0.39, 0.29) is 17.9 Å². The van der Waals surface area contributed by atoms with Crippen LogP contribution in [0.4, 0.5) is 4.79 Å². The zero-order chi connectivity index (χ0) is 14.8. The van der Waals surface area contributed by atoms with Gasteiger partial charge in [-0.25, -0.2) is 9.78 Å². The van der Waals surface area contributed by atoms with E-state index < -0.39 is 5.60 Å². The SMILES string of the molecule is CC(C)(C)OC(=O)N1CCCC1CC(=O)c1cscn1. The molecule has 1 aliphatic heterocycles. The fraction of sp³-hybridized carbons (Fsp3) is 0.643. The minimum absolute atomic E-state index is 0.00768. The molecule has 1 amide bonds. The second-order valence-electron chi connectivity index (χ2n) is 5.97. The standard InChI is InChI=1S/C14H20N2O3S/c1-14(2,3)19-13(18)16-6-4-5-10(16)7-12(17)11-8-20-9-15-11/h8-10H,4-7H2,1-3H3. The van der Waals surface area contributed by atoms with Gasteiger partial charge in [-0.1, -0.05) is 0 Å². The summed E-state index contributed by atoms with van der Waals surface area (Å²) in [6.45, 7) is 6.19. The van der Waals surface area contributed by atoms with Gasteiger partial charge < -0.3 is 9.64 Å². The average Bonchev–Trinajstić information content (AvgIpc) is 2.96. The summed E-state index contributed by atoms with van der Waals surface area (Å²) in [5.41, 5.74) is 1.63. The molecule has 20 heavy (non-hydrogen) atoms. The van der Waals surface area contributed by atoms with E-state index in [1.54, 1.807) is 15.8 Å². The topological polar surface area (TPSA) is 59.5 Å². The van der Waals surface area contributed by atoms with Gasteiger partial charge in [-0.2, -0.15) is 0 Å². The van der Waals surface area contributed by atoms with Crippen molar-refractivity contribution in [3.8, 4) is 0 Å². The van der Waals surface area contributed by atoms with E-state index in [1.165, 1.54) is 11.3 Å². The normalized spacial score (nSPS) is 19.1. The van der Waals surface area contributed by atoms with Crippen LogP contribution < -0.4 is 0 Å². The van der Waals surface area contributed by atoms with Crippen molar-refractivity contribution in [2.45, 2.75) is 51.7 Å². The molecule has 1 unspecified atom stereocenters. The Kier molecular flexibility index (Phi) is 4.42. The smallest absolute Gasteiger partial charge is 0.410 e. The Morgan fingerprint density at radius 3 is 2.85 bits per heavy atom. The summed E-state index contributed by atoms with van der Waals surface area (Å²) >= 11 is 1.40. The molecular weight excluding hydrogens is 276 g/mol. The first-order valence-corrected chi connectivity index (χ1v) is 7.72. The van der Waals surface area contributed by atoms with Crippen LogP contribution in [0.1, 0.15) is 50.5 Å². The van der Waals surface area contributed by atoms with E-state index in [1.807, 2.05) is 20.8 Å².